The molecule has 1 aromatic carbocycles. The van der Waals surface area contributed by atoms with Gasteiger partial charge in [-0.15, -0.1) is 0 Å². The molecule has 0 spiro atoms. The molecule has 0 aromatic heterocycles. The van der Waals surface area contributed by atoms with Crippen LogP contribution in [0.3, 0.4) is 0 Å². The molecule has 0 bridgehead atoms. The van der Waals surface area contributed by atoms with Gasteiger partial charge in [-0.25, -0.2) is 9.59 Å². The van der Waals surface area contributed by atoms with Gasteiger partial charge in [0, 0.05) is 26.9 Å². The van der Waals surface area contributed by atoms with E-state index < -0.39 is 21.2 Å². The molecule has 19 heavy (non-hydrogen) atoms. The predicted octanol–water partition coefficient (Wildman–Crippen LogP) is 0.489. The summed E-state index contributed by atoms with van der Waals surface area (Å²) in [6, 6.07) is 7.20. The van der Waals surface area contributed by atoms with Gasteiger partial charge in [-0.05, 0) is 12.1 Å². The van der Waals surface area contributed by atoms with Crippen LogP contribution < -0.4 is 0 Å². The first-order valence-corrected chi connectivity index (χ1v) is 7.42. The van der Waals surface area contributed by atoms with Gasteiger partial charge in [0.25, 0.3) is 0 Å². The van der Waals surface area contributed by atoms with Crippen LogP contribution >= 0.6 is 0 Å². The SMILES string of the molecule is CO[SiH](CCO)OC.O=C1OC(=O)c2ccccc21. The number of fused-ring (bicyclic) bond motifs is 1. The van der Waals surface area contributed by atoms with Crippen molar-refractivity contribution in [2.75, 3.05) is 20.8 Å². The third kappa shape index (κ3) is 4.25. The molecule has 0 saturated heterocycles. The zero-order chi connectivity index (χ0) is 14.3. The second-order valence-electron chi connectivity index (χ2n) is 3.64. The van der Waals surface area contributed by atoms with Gasteiger partial charge in [0.15, 0.2) is 0 Å². The van der Waals surface area contributed by atoms with Crippen molar-refractivity contribution in [1.29, 1.82) is 0 Å². The summed E-state index contributed by atoms with van der Waals surface area (Å²) in [7, 11) is 1.77. The third-order valence-corrected chi connectivity index (χ3v) is 4.22. The van der Waals surface area contributed by atoms with Gasteiger partial charge < -0.3 is 18.7 Å². The molecule has 1 aromatic rings. The molecule has 0 saturated carbocycles. The van der Waals surface area contributed by atoms with E-state index in [1.165, 1.54) is 0 Å². The van der Waals surface area contributed by atoms with Crippen molar-refractivity contribution in [2.45, 2.75) is 6.04 Å². The number of carbonyl (C=O) groups excluding carboxylic acids is 2. The van der Waals surface area contributed by atoms with Crippen LogP contribution in [-0.2, 0) is 13.6 Å². The van der Waals surface area contributed by atoms with Crippen molar-refractivity contribution < 1.29 is 28.3 Å². The summed E-state index contributed by atoms with van der Waals surface area (Å²) in [4.78, 5) is 21.7. The quantitative estimate of drug-likeness (QED) is 0.492. The molecular weight excluding hydrogens is 268 g/mol. The zero-order valence-corrected chi connectivity index (χ0v) is 11.9. The van der Waals surface area contributed by atoms with Crippen LogP contribution in [0.4, 0.5) is 0 Å². The summed E-state index contributed by atoms with van der Waals surface area (Å²) in [6.45, 7) is 0.165. The number of hydrogen-bond acceptors (Lipinski definition) is 6. The lowest BCUT2D eigenvalue weighted by molar-refractivity contribution is 0.0443. The summed E-state index contributed by atoms with van der Waals surface area (Å²) < 4.78 is 14.1. The van der Waals surface area contributed by atoms with Crippen LogP contribution in [0.2, 0.25) is 6.04 Å². The van der Waals surface area contributed by atoms with E-state index >= 15 is 0 Å². The molecule has 2 rings (SSSR count). The van der Waals surface area contributed by atoms with Crippen molar-refractivity contribution in [2.24, 2.45) is 0 Å². The van der Waals surface area contributed by atoms with Gasteiger partial charge in [-0.3, -0.25) is 0 Å². The van der Waals surface area contributed by atoms with E-state index in [9.17, 15) is 9.59 Å². The number of benzene rings is 1. The predicted molar refractivity (Wildman–Crippen MR) is 69.2 cm³/mol. The number of carbonyl (C=O) groups is 2. The van der Waals surface area contributed by atoms with Gasteiger partial charge in [-0.2, -0.15) is 0 Å². The molecule has 104 valence electrons. The van der Waals surface area contributed by atoms with E-state index in [0.717, 1.165) is 0 Å². The van der Waals surface area contributed by atoms with Crippen molar-refractivity contribution in [3.05, 3.63) is 35.4 Å². The highest BCUT2D eigenvalue weighted by molar-refractivity contribution is 6.44. The molecule has 7 heteroatoms. The minimum absolute atomic E-state index is 0.165. The number of rotatable bonds is 4. The van der Waals surface area contributed by atoms with Crippen molar-refractivity contribution in [3.8, 4) is 0 Å². The van der Waals surface area contributed by atoms with Crippen LogP contribution in [0.25, 0.3) is 0 Å². The van der Waals surface area contributed by atoms with E-state index in [0.29, 0.717) is 17.2 Å². The lowest BCUT2D eigenvalue weighted by Crippen LogP contribution is -2.19. The van der Waals surface area contributed by atoms with Crippen LogP contribution in [0.1, 0.15) is 20.7 Å². The lowest BCUT2D eigenvalue weighted by atomic mass is 10.1. The Hall–Kier alpha value is -1.54. The number of hydrogen-bond donors (Lipinski definition) is 1. The highest BCUT2D eigenvalue weighted by atomic mass is 28.3. The molecule has 1 heterocycles. The summed E-state index contributed by atoms with van der Waals surface area (Å²) in [5, 5.41) is 8.37. The van der Waals surface area contributed by atoms with Gasteiger partial charge in [-0.1, -0.05) is 12.1 Å². The molecule has 1 aliphatic rings. The van der Waals surface area contributed by atoms with Crippen LogP contribution in [0, 0.1) is 0 Å². The fourth-order valence-electron chi connectivity index (χ4n) is 1.47. The molecule has 0 aliphatic carbocycles. The first kappa shape index (κ1) is 15.5. The Balaban J connectivity index is 0.000000203. The van der Waals surface area contributed by atoms with Crippen LogP contribution in [0.15, 0.2) is 24.3 Å². The molecule has 0 radical (unpaired) electrons. The summed E-state index contributed by atoms with van der Waals surface area (Å²) in [5.41, 5.74) is 0.718. The third-order valence-electron chi connectivity index (χ3n) is 2.44. The Bertz CT molecular complexity index is 411. The van der Waals surface area contributed by atoms with Gasteiger partial charge in [0.1, 0.15) is 0 Å². The highest BCUT2D eigenvalue weighted by Gasteiger charge is 2.28. The Labute approximate surface area is 112 Å². The number of aliphatic hydroxyl groups is 1. The second-order valence-corrected chi connectivity index (χ2v) is 6.02. The average Bonchev–Trinajstić information content (AvgIpc) is 2.73. The van der Waals surface area contributed by atoms with E-state index in [1.807, 2.05) is 0 Å². The van der Waals surface area contributed by atoms with Crippen molar-refractivity contribution >= 4 is 21.2 Å². The average molecular weight is 284 g/mol. The first-order chi connectivity index (χ1) is 9.13. The summed E-state index contributed by atoms with van der Waals surface area (Å²) >= 11 is 0. The van der Waals surface area contributed by atoms with Crippen LogP contribution in [0.5, 0.6) is 0 Å². The van der Waals surface area contributed by atoms with Gasteiger partial charge in [0.05, 0.1) is 11.1 Å². The minimum atomic E-state index is -1.44. The molecule has 0 atom stereocenters. The first-order valence-electron chi connectivity index (χ1n) is 5.66. The van der Waals surface area contributed by atoms with Gasteiger partial charge in [0.2, 0.25) is 0 Å². The number of cyclic esters (lactones) is 2. The molecule has 0 unspecified atom stereocenters. The molecule has 0 fully saturated rings. The number of aliphatic hydroxyl groups excluding tert-OH is 1. The second kappa shape index (κ2) is 7.80. The van der Waals surface area contributed by atoms with E-state index in [-0.39, 0.29) is 6.61 Å². The van der Waals surface area contributed by atoms with E-state index in [1.54, 1.807) is 38.5 Å². The van der Waals surface area contributed by atoms with Crippen molar-refractivity contribution in [3.63, 3.8) is 0 Å². The maximum Gasteiger partial charge on any atom is 0.346 e. The van der Waals surface area contributed by atoms with Crippen molar-refractivity contribution in [1.82, 2.24) is 0 Å². The molecule has 1 N–H and O–H groups in total. The Morgan fingerprint density at radius 1 is 1.11 bits per heavy atom. The smallest absolute Gasteiger partial charge is 0.346 e. The molecule has 6 nitrogen and oxygen atoms in total. The standard InChI is InChI=1S/C8H4O3.C4H12O3Si/c9-7-5-3-1-2-4-6(5)8(10)11-7;1-6-8(7-2)4-3-5/h1-4H;5,8H,3-4H2,1-2H3. The normalized spacial score (nSPS) is 12.8. The molecule has 0 amide bonds. The monoisotopic (exact) mass is 284 g/mol. The minimum Gasteiger partial charge on any atom is -0.400 e. The Morgan fingerprint density at radius 2 is 1.58 bits per heavy atom. The largest absolute Gasteiger partial charge is 0.400 e. The summed E-state index contributed by atoms with van der Waals surface area (Å²) in [5.74, 6) is -1.10. The topological polar surface area (TPSA) is 82.1 Å². The van der Waals surface area contributed by atoms with Gasteiger partial charge >= 0.3 is 21.2 Å². The van der Waals surface area contributed by atoms with E-state index in [2.05, 4.69) is 4.74 Å². The van der Waals surface area contributed by atoms with Crippen LogP contribution in [-0.4, -0.2) is 47.2 Å². The Morgan fingerprint density at radius 3 is 1.89 bits per heavy atom. The lowest BCUT2D eigenvalue weighted by Gasteiger charge is -2.07. The highest BCUT2D eigenvalue weighted by Crippen LogP contribution is 2.18. The fourth-order valence-corrected chi connectivity index (χ4v) is 2.35. The zero-order valence-electron chi connectivity index (χ0n) is 10.8. The summed E-state index contributed by atoms with van der Waals surface area (Å²) in [6.07, 6.45) is 0. The van der Waals surface area contributed by atoms with E-state index in [4.69, 9.17) is 14.0 Å². The molecule has 1 aliphatic heterocycles. The molecular formula is C12H16O6Si. The maximum absolute atomic E-state index is 10.8. The number of ether oxygens (including phenoxy) is 1. The Kier molecular flexibility index (Phi) is 6.37. The fraction of sp³-hybridized carbons (Fsp3) is 0.333. The maximum atomic E-state index is 10.8. The number of esters is 2.